The molecule has 0 bridgehead atoms. The van der Waals surface area contributed by atoms with E-state index in [0.29, 0.717) is 18.8 Å². The highest BCUT2D eigenvalue weighted by molar-refractivity contribution is 7.09. The van der Waals surface area contributed by atoms with Gasteiger partial charge in [0.25, 0.3) is 5.91 Å². The minimum atomic E-state index is -0.0516. The lowest BCUT2D eigenvalue weighted by molar-refractivity contribution is 0.0725. The van der Waals surface area contributed by atoms with Gasteiger partial charge in [-0.25, -0.2) is 4.98 Å². The van der Waals surface area contributed by atoms with Crippen molar-refractivity contribution < 1.29 is 9.53 Å². The van der Waals surface area contributed by atoms with Gasteiger partial charge in [-0.15, -0.1) is 11.3 Å². The number of carbonyl (C=O) groups is 1. The van der Waals surface area contributed by atoms with Gasteiger partial charge in [0.15, 0.2) is 0 Å². The summed E-state index contributed by atoms with van der Waals surface area (Å²) in [6.07, 6.45) is 1.76. The number of hydrogen-bond donors (Lipinski definition) is 1. The van der Waals surface area contributed by atoms with Crippen LogP contribution in [0.1, 0.15) is 21.1 Å². The second kappa shape index (κ2) is 7.63. The van der Waals surface area contributed by atoms with Crippen molar-refractivity contribution in [3.05, 3.63) is 82.4 Å². The molecule has 0 fully saturated rings. The zero-order valence-corrected chi connectivity index (χ0v) is 15.7. The van der Waals surface area contributed by atoms with Crippen LogP contribution in [0.15, 0.2) is 66.2 Å². The maximum Gasteiger partial charge on any atom is 0.270 e. The van der Waals surface area contributed by atoms with E-state index in [4.69, 9.17) is 4.74 Å². The number of methoxy groups -OCH3 is 1. The van der Waals surface area contributed by atoms with Crippen LogP contribution in [-0.4, -0.2) is 27.9 Å². The first-order valence-electron chi connectivity index (χ1n) is 8.61. The van der Waals surface area contributed by atoms with E-state index in [0.717, 1.165) is 27.2 Å². The van der Waals surface area contributed by atoms with E-state index in [2.05, 4.69) is 9.97 Å². The zero-order valence-electron chi connectivity index (χ0n) is 14.9. The molecule has 0 spiro atoms. The first kappa shape index (κ1) is 17.3. The number of hydrogen-bond acceptors (Lipinski definition) is 4. The van der Waals surface area contributed by atoms with E-state index in [9.17, 15) is 4.79 Å². The number of nitrogens with one attached hydrogen (secondary N) is 1. The van der Waals surface area contributed by atoms with Gasteiger partial charge in [-0.1, -0.05) is 30.3 Å². The van der Waals surface area contributed by atoms with Gasteiger partial charge < -0.3 is 14.6 Å². The molecular formula is C21H19N3O2S. The van der Waals surface area contributed by atoms with Crippen molar-refractivity contribution in [3.8, 4) is 5.75 Å². The maximum atomic E-state index is 13.2. The van der Waals surface area contributed by atoms with Gasteiger partial charge in [-0.2, -0.15) is 0 Å². The number of rotatable bonds is 6. The monoisotopic (exact) mass is 377 g/mol. The Morgan fingerprint density at radius 2 is 2.00 bits per heavy atom. The van der Waals surface area contributed by atoms with Crippen LogP contribution in [0.4, 0.5) is 0 Å². The van der Waals surface area contributed by atoms with Crippen LogP contribution in [0.3, 0.4) is 0 Å². The Morgan fingerprint density at radius 3 is 2.74 bits per heavy atom. The topological polar surface area (TPSA) is 58.2 Å². The number of nitrogens with zero attached hydrogens (tertiary/aromatic N) is 2. The summed E-state index contributed by atoms with van der Waals surface area (Å²) < 4.78 is 5.27. The number of amides is 1. The number of aromatic amines is 1. The Labute approximate surface area is 161 Å². The molecule has 27 heavy (non-hydrogen) atoms. The number of thiazole rings is 1. The lowest BCUT2D eigenvalue weighted by Gasteiger charge is -2.21. The summed E-state index contributed by atoms with van der Waals surface area (Å²) in [6.45, 7) is 1.00. The maximum absolute atomic E-state index is 13.2. The third-order valence-corrected chi connectivity index (χ3v) is 5.14. The normalized spacial score (nSPS) is 10.9. The van der Waals surface area contributed by atoms with E-state index in [1.54, 1.807) is 24.6 Å². The van der Waals surface area contributed by atoms with Crippen LogP contribution in [0.5, 0.6) is 5.75 Å². The molecule has 0 radical (unpaired) electrons. The van der Waals surface area contributed by atoms with E-state index < -0.39 is 0 Å². The molecule has 0 atom stereocenters. The predicted octanol–water partition coefficient (Wildman–Crippen LogP) is 4.48. The molecule has 2 aromatic heterocycles. The number of fused-ring (bicyclic) bond motifs is 1. The molecule has 0 saturated carbocycles. The molecule has 6 heteroatoms. The summed E-state index contributed by atoms with van der Waals surface area (Å²) >= 11 is 1.55. The Hall–Kier alpha value is -3.12. The summed E-state index contributed by atoms with van der Waals surface area (Å²) in [5, 5.41) is 3.79. The summed E-state index contributed by atoms with van der Waals surface area (Å²) in [5.74, 6) is 0.716. The van der Waals surface area contributed by atoms with Crippen LogP contribution < -0.4 is 4.74 Å². The van der Waals surface area contributed by atoms with Crippen molar-refractivity contribution in [3.63, 3.8) is 0 Å². The molecule has 1 amide bonds. The number of H-pyrrole nitrogens is 1. The summed E-state index contributed by atoms with van der Waals surface area (Å²) in [7, 11) is 1.63. The van der Waals surface area contributed by atoms with Crippen LogP contribution >= 0.6 is 11.3 Å². The standard InChI is InChI=1S/C21H19N3O2S/c1-26-17-7-8-18-16(11-17)12-19(23-18)21(25)24(14-20-22-9-10-27-20)13-15-5-3-2-4-6-15/h2-12,23H,13-14H2,1H3. The molecule has 0 saturated heterocycles. The fraction of sp³-hybridized carbons (Fsp3) is 0.143. The molecule has 0 aliphatic heterocycles. The highest BCUT2D eigenvalue weighted by atomic mass is 32.1. The van der Waals surface area contributed by atoms with Gasteiger partial charge >= 0.3 is 0 Å². The zero-order chi connectivity index (χ0) is 18.6. The predicted molar refractivity (Wildman–Crippen MR) is 107 cm³/mol. The van der Waals surface area contributed by atoms with Gasteiger partial charge in [0.05, 0.1) is 13.7 Å². The molecule has 0 aliphatic carbocycles. The molecule has 2 aromatic carbocycles. The molecule has 5 nitrogen and oxygen atoms in total. The van der Waals surface area contributed by atoms with Gasteiger partial charge in [0.1, 0.15) is 16.5 Å². The highest BCUT2D eigenvalue weighted by Crippen LogP contribution is 2.23. The van der Waals surface area contributed by atoms with Crippen molar-refractivity contribution >= 4 is 28.1 Å². The lowest BCUT2D eigenvalue weighted by Crippen LogP contribution is -2.30. The van der Waals surface area contributed by atoms with Crippen molar-refractivity contribution in [2.75, 3.05) is 7.11 Å². The minimum Gasteiger partial charge on any atom is -0.497 e. The fourth-order valence-electron chi connectivity index (χ4n) is 3.02. The van der Waals surface area contributed by atoms with Crippen LogP contribution in [0.25, 0.3) is 10.9 Å². The quantitative estimate of drug-likeness (QED) is 0.539. The third-order valence-electron chi connectivity index (χ3n) is 4.37. The summed E-state index contributed by atoms with van der Waals surface area (Å²) in [6, 6.07) is 17.6. The first-order chi connectivity index (χ1) is 13.2. The highest BCUT2D eigenvalue weighted by Gasteiger charge is 2.20. The van der Waals surface area contributed by atoms with Gasteiger partial charge in [0.2, 0.25) is 0 Å². The lowest BCUT2D eigenvalue weighted by atomic mass is 10.2. The van der Waals surface area contributed by atoms with E-state index in [1.807, 2.05) is 64.9 Å². The van der Waals surface area contributed by atoms with Crippen LogP contribution in [0.2, 0.25) is 0 Å². The number of benzene rings is 2. The molecule has 0 unspecified atom stereocenters. The Bertz CT molecular complexity index is 1040. The second-order valence-electron chi connectivity index (χ2n) is 6.21. The minimum absolute atomic E-state index is 0.0516. The Kier molecular flexibility index (Phi) is 4.89. The van der Waals surface area contributed by atoms with E-state index >= 15 is 0 Å². The van der Waals surface area contributed by atoms with Crippen molar-refractivity contribution in [2.45, 2.75) is 13.1 Å². The molecule has 4 aromatic rings. The van der Waals surface area contributed by atoms with Crippen molar-refractivity contribution in [2.24, 2.45) is 0 Å². The Morgan fingerprint density at radius 1 is 1.15 bits per heavy atom. The van der Waals surface area contributed by atoms with E-state index in [-0.39, 0.29) is 5.91 Å². The van der Waals surface area contributed by atoms with Gasteiger partial charge in [0, 0.05) is 29.0 Å². The average Bonchev–Trinajstić information content (AvgIpc) is 3.36. The van der Waals surface area contributed by atoms with Gasteiger partial charge in [-0.3, -0.25) is 4.79 Å². The van der Waals surface area contributed by atoms with Gasteiger partial charge in [-0.05, 0) is 29.8 Å². The third kappa shape index (κ3) is 3.85. The number of carbonyl (C=O) groups excluding carboxylic acids is 1. The smallest absolute Gasteiger partial charge is 0.270 e. The van der Waals surface area contributed by atoms with Crippen LogP contribution in [-0.2, 0) is 13.1 Å². The molecule has 1 N–H and O–H groups in total. The van der Waals surface area contributed by atoms with E-state index in [1.165, 1.54) is 0 Å². The van der Waals surface area contributed by atoms with Crippen molar-refractivity contribution in [1.82, 2.24) is 14.9 Å². The largest absolute Gasteiger partial charge is 0.497 e. The molecule has 4 rings (SSSR count). The molecule has 2 heterocycles. The molecule has 136 valence electrons. The Balaban J connectivity index is 1.64. The molecule has 0 aliphatic rings. The van der Waals surface area contributed by atoms with Crippen molar-refractivity contribution in [1.29, 1.82) is 0 Å². The summed E-state index contributed by atoms with van der Waals surface area (Å²) in [4.78, 5) is 22.6. The average molecular weight is 377 g/mol. The van der Waals surface area contributed by atoms with Crippen LogP contribution in [0, 0.1) is 0 Å². The molecular weight excluding hydrogens is 358 g/mol. The number of ether oxygens (including phenoxy) is 1. The number of aromatic nitrogens is 2. The second-order valence-corrected chi connectivity index (χ2v) is 7.19. The summed E-state index contributed by atoms with van der Waals surface area (Å²) in [5.41, 5.74) is 2.55. The fourth-order valence-corrected chi connectivity index (χ4v) is 3.65. The first-order valence-corrected chi connectivity index (χ1v) is 9.49. The SMILES string of the molecule is COc1ccc2[nH]c(C(=O)N(Cc3ccccc3)Cc3nccs3)cc2c1.